The Morgan fingerprint density at radius 3 is 2.69 bits per heavy atom. The molecule has 26 heavy (non-hydrogen) atoms. The lowest BCUT2D eigenvalue weighted by Gasteiger charge is -2.14. The lowest BCUT2D eigenvalue weighted by Crippen LogP contribution is -2.17. The van der Waals surface area contributed by atoms with Gasteiger partial charge in [-0.15, -0.1) is 0 Å². The van der Waals surface area contributed by atoms with Crippen molar-refractivity contribution in [1.29, 1.82) is 0 Å². The molecule has 8 heteroatoms. The Morgan fingerprint density at radius 2 is 1.96 bits per heavy atom. The molecule has 0 bridgehead atoms. The van der Waals surface area contributed by atoms with Gasteiger partial charge >= 0.3 is 5.97 Å². The zero-order valence-electron chi connectivity index (χ0n) is 14.1. The summed E-state index contributed by atoms with van der Waals surface area (Å²) in [6, 6.07) is 9.01. The first-order valence-electron chi connectivity index (χ1n) is 8.06. The minimum absolute atomic E-state index is 0.0204. The van der Waals surface area contributed by atoms with Crippen LogP contribution in [0.2, 0.25) is 0 Å². The zero-order chi connectivity index (χ0) is 18.9. The van der Waals surface area contributed by atoms with Crippen LogP contribution in [0.1, 0.15) is 34.3 Å². The molecule has 0 saturated carbocycles. The predicted octanol–water partition coefficient (Wildman–Crippen LogP) is 2.77. The molecule has 0 saturated heterocycles. The number of aryl methyl sites for hydroxylation is 2. The van der Waals surface area contributed by atoms with Crippen LogP contribution in [0, 0.1) is 6.92 Å². The van der Waals surface area contributed by atoms with Gasteiger partial charge in [-0.05, 0) is 55.2 Å². The molecular weight excluding hydrogens is 356 g/mol. The molecule has 2 aromatic rings. The highest BCUT2D eigenvalue weighted by Gasteiger charge is 2.22. The standard InChI is InChI=1S/C18H18N2O5S/c1-11-4-2-6-14(18(22)23)17(11)20-26(24,25)13-8-9-15-12(10-13)5-3-7-16(21)19-15/h2,4,6,8-10,20H,3,5,7H2,1H3,(H,19,21)(H,22,23). The van der Waals surface area contributed by atoms with E-state index in [2.05, 4.69) is 10.0 Å². The number of rotatable bonds is 4. The molecule has 3 rings (SSSR count). The van der Waals surface area contributed by atoms with E-state index in [-0.39, 0.29) is 22.1 Å². The predicted molar refractivity (Wildman–Crippen MR) is 97.0 cm³/mol. The number of nitrogens with one attached hydrogen (secondary N) is 2. The van der Waals surface area contributed by atoms with Crippen LogP contribution >= 0.6 is 0 Å². The van der Waals surface area contributed by atoms with Crippen molar-refractivity contribution in [3.05, 3.63) is 53.1 Å². The summed E-state index contributed by atoms with van der Waals surface area (Å²) < 4.78 is 27.9. The molecule has 0 radical (unpaired) electrons. The van der Waals surface area contributed by atoms with Crippen LogP contribution in [0.5, 0.6) is 0 Å². The number of hydrogen-bond donors (Lipinski definition) is 3. The van der Waals surface area contributed by atoms with E-state index in [1.54, 1.807) is 25.1 Å². The van der Waals surface area contributed by atoms with Crippen molar-refractivity contribution in [2.75, 3.05) is 10.0 Å². The number of anilines is 2. The minimum atomic E-state index is -3.98. The maximum Gasteiger partial charge on any atom is 0.337 e. The van der Waals surface area contributed by atoms with Gasteiger partial charge in [0.1, 0.15) is 0 Å². The molecule has 7 nitrogen and oxygen atoms in total. The molecule has 1 aliphatic rings. The zero-order valence-corrected chi connectivity index (χ0v) is 14.9. The van der Waals surface area contributed by atoms with E-state index in [0.717, 1.165) is 5.56 Å². The summed E-state index contributed by atoms with van der Waals surface area (Å²) in [6.45, 7) is 1.64. The summed E-state index contributed by atoms with van der Waals surface area (Å²) in [5.74, 6) is -1.31. The van der Waals surface area contributed by atoms with Crippen molar-refractivity contribution >= 4 is 33.3 Å². The van der Waals surface area contributed by atoms with Crippen LogP contribution in [0.25, 0.3) is 0 Å². The number of hydrogen-bond acceptors (Lipinski definition) is 4. The molecule has 1 amide bonds. The number of carbonyl (C=O) groups excluding carboxylic acids is 1. The molecule has 3 N–H and O–H groups in total. The fraction of sp³-hybridized carbons (Fsp3) is 0.222. The number of sulfonamides is 1. The van der Waals surface area contributed by atoms with Crippen molar-refractivity contribution in [2.45, 2.75) is 31.1 Å². The molecule has 0 spiro atoms. The first kappa shape index (κ1) is 17.9. The SMILES string of the molecule is Cc1cccc(C(=O)O)c1NS(=O)(=O)c1ccc2c(c1)CCCC(=O)N2. The molecule has 136 valence electrons. The molecule has 2 aromatic carbocycles. The fourth-order valence-electron chi connectivity index (χ4n) is 2.89. The Labute approximate surface area is 151 Å². The first-order valence-corrected chi connectivity index (χ1v) is 9.55. The van der Waals surface area contributed by atoms with E-state index in [4.69, 9.17) is 0 Å². The quantitative estimate of drug-likeness (QED) is 0.762. The molecule has 0 aliphatic carbocycles. The van der Waals surface area contributed by atoms with Gasteiger partial charge in [0.05, 0.1) is 16.1 Å². The topological polar surface area (TPSA) is 113 Å². The number of benzene rings is 2. The van der Waals surface area contributed by atoms with Crippen molar-refractivity contribution < 1.29 is 23.1 Å². The summed E-state index contributed by atoms with van der Waals surface area (Å²) in [5, 5.41) is 12.0. The number of aromatic carboxylic acids is 1. The normalized spacial score (nSPS) is 14.1. The van der Waals surface area contributed by atoms with E-state index in [1.165, 1.54) is 18.2 Å². The van der Waals surface area contributed by atoms with Gasteiger partial charge in [0.15, 0.2) is 0 Å². The van der Waals surface area contributed by atoms with Gasteiger partial charge in [-0.2, -0.15) is 0 Å². The van der Waals surface area contributed by atoms with Gasteiger partial charge in [0.25, 0.3) is 10.0 Å². The van der Waals surface area contributed by atoms with Crippen LogP contribution in [0.4, 0.5) is 11.4 Å². The summed E-state index contributed by atoms with van der Waals surface area (Å²) in [7, 11) is -3.98. The van der Waals surface area contributed by atoms with E-state index in [9.17, 15) is 23.1 Å². The summed E-state index contributed by atoms with van der Waals surface area (Å²) >= 11 is 0. The average Bonchev–Trinajstić information content (AvgIpc) is 2.76. The highest BCUT2D eigenvalue weighted by atomic mass is 32.2. The first-order chi connectivity index (χ1) is 12.3. The van der Waals surface area contributed by atoms with Crippen LogP contribution < -0.4 is 10.0 Å². The number of para-hydroxylation sites is 1. The molecule has 0 atom stereocenters. The lowest BCUT2D eigenvalue weighted by atomic mass is 10.1. The van der Waals surface area contributed by atoms with Crippen LogP contribution in [-0.2, 0) is 21.2 Å². The Bertz CT molecular complexity index is 999. The highest BCUT2D eigenvalue weighted by molar-refractivity contribution is 7.92. The van der Waals surface area contributed by atoms with E-state index < -0.39 is 16.0 Å². The van der Waals surface area contributed by atoms with Gasteiger partial charge in [-0.25, -0.2) is 13.2 Å². The second kappa shape index (κ2) is 6.80. The second-order valence-corrected chi connectivity index (χ2v) is 7.81. The maximum atomic E-state index is 12.8. The van der Waals surface area contributed by atoms with Gasteiger partial charge in [0, 0.05) is 12.1 Å². The number of carboxylic acid groups (broad SMARTS) is 1. The third-order valence-electron chi connectivity index (χ3n) is 4.25. The van der Waals surface area contributed by atoms with Gasteiger partial charge in [-0.3, -0.25) is 9.52 Å². The van der Waals surface area contributed by atoms with Crippen molar-refractivity contribution in [2.24, 2.45) is 0 Å². The van der Waals surface area contributed by atoms with Gasteiger partial charge < -0.3 is 10.4 Å². The number of amides is 1. The Hall–Kier alpha value is -2.87. The van der Waals surface area contributed by atoms with Crippen LogP contribution in [-0.4, -0.2) is 25.4 Å². The van der Waals surface area contributed by atoms with Gasteiger partial charge in [0.2, 0.25) is 5.91 Å². The molecule has 0 unspecified atom stereocenters. The number of carbonyl (C=O) groups is 2. The summed E-state index contributed by atoms with van der Waals surface area (Å²) in [5.41, 5.74) is 1.78. The van der Waals surface area contributed by atoms with Crippen LogP contribution in [0.3, 0.4) is 0 Å². The van der Waals surface area contributed by atoms with Crippen molar-refractivity contribution in [3.63, 3.8) is 0 Å². The molecule has 1 heterocycles. The largest absolute Gasteiger partial charge is 0.478 e. The Balaban J connectivity index is 1.99. The molecule has 0 fully saturated rings. The Morgan fingerprint density at radius 1 is 1.19 bits per heavy atom. The smallest absolute Gasteiger partial charge is 0.337 e. The van der Waals surface area contributed by atoms with Gasteiger partial charge in [-0.1, -0.05) is 12.1 Å². The third kappa shape index (κ3) is 3.55. The van der Waals surface area contributed by atoms with Crippen LogP contribution in [0.15, 0.2) is 41.3 Å². The summed E-state index contributed by atoms with van der Waals surface area (Å²) in [4.78, 5) is 23.0. The molecule has 0 aromatic heterocycles. The second-order valence-electron chi connectivity index (χ2n) is 6.13. The maximum absolute atomic E-state index is 12.8. The molecule has 1 aliphatic heterocycles. The van der Waals surface area contributed by atoms with E-state index in [0.29, 0.717) is 30.5 Å². The lowest BCUT2D eigenvalue weighted by molar-refractivity contribution is -0.116. The van der Waals surface area contributed by atoms with E-state index >= 15 is 0 Å². The van der Waals surface area contributed by atoms with Crippen molar-refractivity contribution in [1.82, 2.24) is 0 Å². The monoisotopic (exact) mass is 374 g/mol. The van der Waals surface area contributed by atoms with E-state index in [1.807, 2.05) is 0 Å². The van der Waals surface area contributed by atoms with Crippen molar-refractivity contribution in [3.8, 4) is 0 Å². The number of fused-ring (bicyclic) bond motifs is 1. The summed E-state index contributed by atoms with van der Waals surface area (Å²) in [6.07, 6.45) is 1.61. The minimum Gasteiger partial charge on any atom is -0.478 e. The Kier molecular flexibility index (Phi) is 4.69. The molecular formula is C18H18N2O5S. The average molecular weight is 374 g/mol. The highest BCUT2D eigenvalue weighted by Crippen LogP contribution is 2.28. The third-order valence-corrected chi connectivity index (χ3v) is 5.60. The fourth-order valence-corrected chi connectivity index (χ4v) is 4.09. The number of carboxylic acids is 1.